The second-order valence-electron chi connectivity index (χ2n) is 8.14. The van der Waals surface area contributed by atoms with E-state index in [9.17, 15) is 35.7 Å². The Bertz CT molecular complexity index is 804. The summed E-state index contributed by atoms with van der Waals surface area (Å²) in [5.74, 6) is 0.571. The minimum atomic E-state index is -1.66. The summed E-state index contributed by atoms with van der Waals surface area (Å²) in [5.41, 5.74) is 0.908. The molecule has 2 heterocycles. The van der Waals surface area contributed by atoms with Gasteiger partial charge in [0.25, 0.3) is 0 Å². The van der Waals surface area contributed by atoms with Crippen LogP contribution < -0.4 is 9.47 Å². The smallest absolute Gasteiger partial charge is 0.229 e. The van der Waals surface area contributed by atoms with Crippen molar-refractivity contribution in [1.82, 2.24) is 0 Å². The molecule has 1 aromatic carbocycles. The Kier molecular flexibility index (Phi) is 9.23. The molecule has 0 aliphatic carbocycles. The summed E-state index contributed by atoms with van der Waals surface area (Å²) < 4.78 is 27.3. The van der Waals surface area contributed by atoms with Crippen molar-refractivity contribution in [1.29, 1.82) is 0 Å². The molecule has 2 fully saturated rings. The van der Waals surface area contributed by atoms with E-state index in [1.807, 2.05) is 0 Å². The molecule has 10 atom stereocenters. The highest BCUT2D eigenvalue weighted by Gasteiger charge is 2.48. The summed E-state index contributed by atoms with van der Waals surface area (Å²) in [6, 6.07) is 5.08. The van der Waals surface area contributed by atoms with Crippen LogP contribution >= 0.6 is 0 Å². The number of benzene rings is 1. The van der Waals surface area contributed by atoms with E-state index in [1.54, 1.807) is 24.3 Å². The number of hydrogen-bond donors (Lipinski definition) is 7. The Morgan fingerprint density at radius 1 is 0.853 bits per heavy atom. The fourth-order valence-corrected chi connectivity index (χ4v) is 3.77. The molecule has 10 unspecified atom stereocenters. The van der Waals surface area contributed by atoms with Gasteiger partial charge in [0.05, 0.1) is 20.3 Å². The summed E-state index contributed by atoms with van der Waals surface area (Å²) in [6.07, 6.45) is -12.7. The number of aliphatic hydroxyl groups is 7. The quantitative estimate of drug-likeness (QED) is 0.180. The number of aliphatic hydroxyl groups excluding tert-OH is 7. The van der Waals surface area contributed by atoms with E-state index < -0.39 is 74.6 Å². The van der Waals surface area contributed by atoms with Crippen molar-refractivity contribution in [3.05, 3.63) is 36.4 Å². The van der Waals surface area contributed by atoms with Gasteiger partial charge < -0.3 is 59.4 Å². The van der Waals surface area contributed by atoms with E-state index in [0.29, 0.717) is 12.2 Å². The lowest BCUT2D eigenvalue weighted by Crippen LogP contribution is -2.62. The molecule has 2 aliphatic rings. The number of rotatable bonds is 9. The summed E-state index contributed by atoms with van der Waals surface area (Å²) in [7, 11) is 1.44. The van der Waals surface area contributed by atoms with Crippen LogP contribution in [0.1, 0.15) is 5.56 Å². The van der Waals surface area contributed by atoms with Crippen molar-refractivity contribution in [2.24, 2.45) is 0 Å². The molecule has 0 amide bonds. The molecule has 0 spiro atoms. The number of hydrogen-bond acceptors (Lipinski definition) is 12. The van der Waals surface area contributed by atoms with Gasteiger partial charge in [-0.25, -0.2) is 0 Å². The van der Waals surface area contributed by atoms with Gasteiger partial charge in [-0.3, -0.25) is 0 Å². The zero-order chi connectivity index (χ0) is 25.0. The van der Waals surface area contributed by atoms with Crippen LogP contribution in [0.4, 0.5) is 0 Å². The number of ether oxygens (including phenoxy) is 5. The zero-order valence-electron chi connectivity index (χ0n) is 18.6. The van der Waals surface area contributed by atoms with Crippen LogP contribution in [0.25, 0.3) is 0 Å². The van der Waals surface area contributed by atoms with Crippen LogP contribution in [-0.2, 0) is 20.6 Å². The zero-order valence-corrected chi connectivity index (χ0v) is 18.6. The van der Waals surface area contributed by atoms with Crippen molar-refractivity contribution in [2.75, 3.05) is 20.3 Å². The predicted molar refractivity (Wildman–Crippen MR) is 114 cm³/mol. The Balaban J connectivity index is 1.68. The van der Waals surface area contributed by atoms with Crippen LogP contribution in [-0.4, -0.2) is 117 Å². The van der Waals surface area contributed by atoms with Gasteiger partial charge in [0.1, 0.15) is 48.8 Å². The van der Waals surface area contributed by atoms with Gasteiger partial charge in [0, 0.05) is 0 Å². The molecule has 0 bridgehead atoms. The van der Waals surface area contributed by atoms with Crippen molar-refractivity contribution < 1.29 is 59.4 Å². The number of allylic oxidation sites excluding steroid dienone is 1. The molecule has 3 rings (SSSR count). The molecule has 192 valence electrons. The summed E-state index contributed by atoms with van der Waals surface area (Å²) in [4.78, 5) is 0. The van der Waals surface area contributed by atoms with Crippen molar-refractivity contribution in [2.45, 2.75) is 67.8 Å². The van der Waals surface area contributed by atoms with Crippen molar-refractivity contribution >= 4 is 0 Å². The van der Waals surface area contributed by atoms with Crippen LogP contribution in [0.3, 0.4) is 0 Å². The Labute approximate surface area is 196 Å². The first-order valence-electron chi connectivity index (χ1n) is 10.8. The third-order valence-electron chi connectivity index (χ3n) is 5.79. The Morgan fingerprint density at radius 2 is 1.47 bits per heavy atom. The lowest BCUT2D eigenvalue weighted by atomic mass is 9.98. The first kappa shape index (κ1) is 26.8. The molecule has 7 N–H and O–H groups in total. The molecule has 1 aromatic rings. The van der Waals surface area contributed by atoms with Crippen LogP contribution in [0.15, 0.2) is 30.9 Å². The fraction of sp³-hybridized carbons (Fsp3) is 0.636. The second kappa shape index (κ2) is 11.7. The van der Waals surface area contributed by atoms with E-state index in [-0.39, 0.29) is 5.75 Å². The lowest BCUT2D eigenvalue weighted by molar-refractivity contribution is -0.323. The van der Waals surface area contributed by atoms with Gasteiger partial charge in [-0.2, -0.15) is 0 Å². The maximum absolute atomic E-state index is 10.4. The molecular weight excluding hydrogens is 456 g/mol. The van der Waals surface area contributed by atoms with Crippen LogP contribution in [0.2, 0.25) is 0 Å². The van der Waals surface area contributed by atoms with E-state index in [0.717, 1.165) is 5.56 Å². The average Bonchev–Trinajstić information content (AvgIpc) is 2.84. The minimum Gasteiger partial charge on any atom is -0.493 e. The maximum Gasteiger partial charge on any atom is 0.229 e. The topological polar surface area (TPSA) is 188 Å². The largest absolute Gasteiger partial charge is 0.493 e. The Hall–Kier alpha value is -1.84. The second-order valence-corrected chi connectivity index (χ2v) is 8.14. The highest BCUT2D eigenvalue weighted by molar-refractivity contribution is 5.43. The fourth-order valence-electron chi connectivity index (χ4n) is 3.77. The molecule has 0 saturated carbocycles. The van der Waals surface area contributed by atoms with Gasteiger partial charge in [-0.15, -0.1) is 6.58 Å². The first-order chi connectivity index (χ1) is 16.2. The molecular formula is C22H32O12. The van der Waals surface area contributed by atoms with Crippen LogP contribution in [0.5, 0.6) is 11.5 Å². The molecule has 12 nitrogen and oxygen atoms in total. The van der Waals surface area contributed by atoms with E-state index in [4.69, 9.17) is 23.7 Å². The summed E-state index contributed by atoms with van der Waals surface area (Å²) in [6.45, 7) is 2.59. The molecule has 0 aromatic heterocycles. The lowest BCUT2D eigenvalue weighted by Gasteiger charge is -2.42. The van der Waals surface area contributed by atoms with E-state index in [1.165, 1.54) is 7.11 Å². The summed E-state index contributed by atoms with van der Waals surface area (Å²) >= 11 is 0. The van der Waals surface area contributed by atoms with Crippen LogP contribution in [0, 0.1) is 0 Å². The average molecular weight is 488 g/mol. The van der Waals surface area contributed by atoms with E-state index in [2.05, 4.69) is 6.58 Å². The maximum atomic E-state index is 10.4. The molecule has 12 heteroatoms. The predicted octanol–water partition coefficient (Wildman–Crippen LogP) is -2.57. The normalized spacial score (nSPS) is 38.4. The third-order valence-corrected chi connectivity index (χ3v) is 5.79. The van der Waals surface area contributed by atoms with Gasteiger partial charge in [-0.1, -0.05) is 12.1 Å². The summed E-state index contributed by atoms with van der Waals surface area (Å²) in [5, 5.41) is 70.1. The molecule has 2 saturated heterocycles. The highest BCUT2D eigenvalue weighted by atomic mass is 16.7. The van der Waals surface area contributed by atoms with Crippen molar-refractivity contribution in [3.63, 3.8) is 0 Å². The van der Waals surface area contributed by atoms with Gasteiger partial charge in [-0.05, 0) is 24.1 Å². The van der Waals surface area contributed by atoms with Gasteiger partial charge >= 0.3 is 0 Å². The Morgan fingerprint density at radius 3 is 2.09 bits per heavy atom. The standard InChI is InChI=1S/C22H32O12/c1-3-4-10-5-6-11(12(7-10)30-2)32-22-20(29)18(27)16(25)14(34-22)9-31-21-19(28)17(26)15(24)13(8-23)33-21/h3,5-7,13-29H,1,4,8-9H2,2H3. The highest BCUT2D eigenvalue weighted by Crippen LogP contribution is 2.32. The SMILES string of the molecule is C=CCc1ccc(OC2OC(COC3OC(CO)C(O)C(O)C3O)C(O)C(O)C2O)c(OC)c1. The molecule has 0 radical (unpaired) electrons. The van der Waals surface area contributed by atoms with Gasteiger partial charge in [0.15, 0.2) is 17.8 Å². The monoisotopic (exact) mass is 488 g/mol. The molecule has 34 heavy (non-hydrogen) atoms. The third kappa shape index (κ3) is 5.69. The first-order valence-corrected chi connectivity index (χ1v) is 10.8. The minimum absolute atomic E-state index is 0.219. The van der Waals surface area contributed by atoms with E-state index >= 15 is 0 Å². The van der Waals surface area contributed by atoms with Gasteiger partial charge in [0.2, 0.25) is 6.29 Å². The molecule has 2 aliphatic heterocycles. The number of methoxy groups -OCH3 is 1. The van der Waals surface area contributed by atoms with Crippen molar-refractivity contribution in [3.8, 4) is 11.5 Å².